The standard InChI is InChI=1S/C14H20O.C2H6/c1-4-10-14(15,11-12(2)3)13-8-6-5-7-9-13;1-2/h5-9,15H,2,4,10-11H2,1,3H3;1-2H3. The molecule has 0 aliphatic carbocycles. The molecule has 17 heavy (non-hydrogen) atoms. The molecule has 0 aliphatic heterocycles. The van der Waals surface area contributed by atoms with E-state index in [1.54, 1.807) is 0 Å². The SMILES string of the molecule is C=C(C)CC(O)(CCC)c1ccccc1.CC. The van der Waals surface area contributed by atoms with Crippen LogP contribution in [0, 0.1) is 0 Å². The van der Waals surface area contributed by atoms with Crippen molar-refractivity contribution >= 4 is 0 Å². The monoisotopic (exact) mass is 234 g/mol. The molecule has 1 rings (SSSR count). The van der Waals surface area contributed by atoms with Crippen molar-refractivity contribution in [2.24, 2.45) is 0 Å². The summed E-state index contributed by atoms with van der Waals surface area (Å²) in [7, 11) is 0. The van der Waals surface area contributed by atoms with Crippen molar-refractivity contribution in [3.63, 3.8) is 0 Å². The van der Waals surface area contributed by atoms with Gasteiger partial charge in [0.05, 0.1) is 5.60 Å². The van der Waals surface area contributed by atoms with E-state index in [1.165, 1.54) is 0 Å². The highest BCUT2D eigenvalue weighted by atomic mass is 16.3. The van der Waals surface area contributed by atoms with Crippen LogP contribution in [-0.2, 0) is 5.60 Å². The molecular weight excluding hydrogens is 208 g/mol. The fraction of sp³-hybridized carbons (Fsp3) is 0.500. The average molecular weight is 234 g/mol. The van der Waals surface area contributed by atoms with Crippen LogP contribution in [0.4, 0.5) is 0 Å². The van der Waals surface area contributed by atoms with Crippen LogP contribution in [0.5, 0.6) is 0 Å². The highest BCUT2D eigenvalue weighted by Crippen LogP contribution is 2.32. The van der Waals surface area contributed by atoms with Gasteiger partial charge in [-0.2, -0.15) is 0 Å². The third-order valence-electron chi connectivity index (χ3n) is 2.57. The lowest BCUT2D eigenvalue weighted by Crippen LogP contribution is -2.25. The third-order valence-corrected chi connectivity index (χ3v) is 2.57. The molecule has 0 radical (unpaired) electrons. The predicted molar refractivity (Wildman–Crippen MR) is 76.0 cm³/mol. The highest BCUT2D eigenvalue weighted by Gasteiger charge is 2.27. The fourth-order valence-electron chi connectivity index (χ4n) is 2.00. The zero-order chi connectivity index (χ0) is 13.3. The molecule has 0 bridgehead atoms. The summed E-state index contributed by atoms with van der Waals surface area (Å²) in [5.41, 5.74) is 1.28. The minimum atomic E-state index is -0.734. The van der Waals surface area contributed by atoms with Crippen molar-refractivity contribution in [3.05, 3.63) is 48.0 Å². The van der Waals surface area contributed by atoms with Crippen molar-refractivity contribution in [1.29, 1.82) is 0 Å². The van der Waals surface area contributed by atoms with E-state index in [9.17, 15) is 5.11 Å². The Morgan fingerprint density at radius 3 is 2.18 bits per heavy atom. The van der Waals surface area contributed by atoms with Crippen LogP contribution >= 0.6 is 0 Å². The molecule has 0 spiro atoms. The quantitative estimate of drug-likeness (QED) is 0.734. The van der Waals surface area contributed by atoms with Gasteiger partial charge in [-0.1, -0.05) is 63.1 Å². The van der Waals surface area contributed by atoms with Crippen LogP contribution < -0.4 is 0 Å². The summed E-state index contributed by atoms with van der Waals surface area (Å²) in [6.45, 7) is 11.9. The summed E-state index contributed by atoms with van der Waals surface area (Å²) in [6.07, 6.45) is 2.40. The molecule has 1 aromatic rings. The maximum absolute atomic E-state index is 10.6. The zero-order valence-electron chi connectivity index (χ0n) is 11.7. The van der Waals surface area contributed by atoms with Gasteiger partial charge in [0.15, 0.2) is 0 Å². The largest absolute Gasteiger partial charge is 0.385 e. The number of benzene rings is 1. The van der Waals surface area contributed by atoms with Gasteiger partial charge in [0.25, 0.3) is 0 Å². The van der Waals surface area contributed by atoms with Crippen molar-refractivity contribution in [2.45, 2.75) is 52.6 Å². The van der Waals surface area contributed by atoms with Gasteiger partial charge in [-0.05, 0) is 18.9 Å². The fourth-order valence-corrected chi connectivity index (χ4v) is 2.00. The molecule has 0 saturated heterocycles. The Morgan fingerprint density at radius 1 is 1.24 bits per heavy atom. The van der Waals surface area contributed by atoms with Crippen LogP contribution in [0.3, 0.4) is 0 Å². The molecule has 1 aromatic carbocycles. The molecule has 0 amide bonds. The van der Waals surface area contributed by atoms with E-state index >= 15 is 0 Å². The van der Waals surface area contributed by atoms with E-state index in [2.05, 4.69) is 13.5 Å². The molecule has 0 heterocycles. The number of aliphatic hydroxyl groups is 1. The summed E-state index contributed by atoms with van der Waals surface area (Å²) in [5, 5.41) is 10.6. The van der Waals surface area contributed by atoms with Crippen molar-refractivity contribution in [3.8, 4) is 0 Å². The van der Waals surface area contributed by atoms with Crippen LogP contribution in [0.15, 0.2) is 42.5 Å². The van der Waals surface area contributed by atoms with Crippen molar-refractivity contribution < 1.29 is 5.11 Å². The Balaban J connectivity index is 0.00000121. The van der Waals surface area contributed by atoms with Crippen molar-refractivity contribution in [2.75, 3.05) is 0 Å². The van der Waals surface area contributed by atoms with E-state index in [1.807, 2.05) is 51.1 Å². The second-order valence-corrected chi connectivity index (χ2v) is 4.28. The van der Waals surface area contributed by atoms with Gasteiger partial charge in [-0.3, -0.25) is 0 Å². The summed E-state index contributed by atoms with van der Waals surface area (Å²) in [6, 6.07) is 9.87. The van der Waals surface area contributed by atoms with Crippen LogP contribution in [0.1, 0.15) is 52.5 Å². The first kappa shape index (κ1) is 15.9. The van der Waals surface area contributed by atoms with Gasteiger partial charge < -0.3 is 5.11 Å². The summed E-state index contributed by atoms with van der Waals surface area (Å²) < 4.78 is 0. The van der Waals surface area contributed by atoms with E-state index in [4.69, 9.17) is 0 Å². The lowest BCUT2D eigenvalue weighted by molar-refractivity contribution is 0.0271. The predicted octanol–water partition coefficient (Wildman–Crippen LogP) is 4.67. The lowest BCUT2D eigenvalue weighted by Gasteiger charge is -2.28. The number of rotatable bonds is 5. The molecule has 0 aliphatic rings. The molecule has 1 unspecified atom stereocenters. The van der Waals surface area contributed by atoms with E-state index < -0.39 is 5.60 Å². The summed E-state index contributed by atoms with van der Waals surface area (Å²) in [4.78, 5) is 0. The molecule has 96 valence electrons. The molecule has 1 heteroatoms. The number of hydrogen-bond acceptors (Lipinski definition) is 1. The van der Waals surface area contributed by atoms with Gasteiger partial charge in [0, 0.05) is 6.42 Å². The summed E-state index contributed by atoms with van der Waals surface area (Å²) in [5.74, 6) is 0. The van der Waals surface area contributed by atoms with Gasteiger partial charge in [0.2, 0.25) is 0 Å². The first-order chi connectivity index (χ1) is 8.08. The van der Waals surface area contributed by atoms with Crippen LogP contribution in [-0.4, -0.2) is 5.11 Å². The second kappa shape index (κ2) is 8.08. The normalized spacial score (nSPS) is 13.2. The minimum Gasteiger partial charge on any atom is -0.385 e. The number of hydrogen-bond donors (Lipinski definition) is 1. The Labute approximate surface area is 106 Å². The van der Waals surface area contributed by atoms with Gasteiger partial charge >= 0.3 is 0 Å². The smallest absolute Gasteiger partial charge is 0.0933 e. The van der Waals surface area contributed by atoms with E-state index in [0.29, 0.717) is 6.42 Å². The maximum atomic E-state index is 10.6. The van der Waals surface area contributed by atoms with Gasteiger partial charge in [-0.15, -0.1) is 6.58 Å². The Morgan fingerprint density at radius 2 is 1.76 bits per heavy atom. The molecule has 0 aromatic heterocycles. The van der Waals surface area contributed by atoms with Crippen LogP contribution in [0.2, 0.25) is 0 Å². The molecule has 0 fully saturated rings. The highest BCUT2D eigenvalue weighted by molar-refractivity contribution is 5.24. The zero-order valence-corrected chi connectivity index (χ0v) is 11.7. The Kier molecular flexibility index (Phi) is 7.56. The van der Waals surface area contributed by atoms with Gasteiger partial charge in [0.1, 0.15) is 0 Å². The maximum Gasteiger partial charge on any atom is 0.0933 e. The lowest BCUT2D eigenvalue weighted by atomic mass is 9.84. The molecule has 0 saturated carbocycles. The first-order valence-electron chi connectivity index (χ1n) is 6.51. The van der Waals surface area contributed by atoms with Crippen LogP contribution in [0.25, 0.3) is 0 Å². The molecular formula is C16H26O. The molecule has 1 nitrogen and oxygen atoms in total. The Bertz CT molecular complexity index is 316. The molecule has 1 N–H and O–H groups in total. The van der Waals surface area contributed by atoms with Gasteiger partial charge in [-0.25, -0.2) is 0 Å². The van der Waals surface area contributed by atoms with E-state index in [0.717, 1.165) is 24.0 Å². The molecule has 1 atom stereocenters. The minimum absolute atomic E-state index is 0.644. The Hall–Kier alpha value is -1.08. The topological polar surface area (TPSA) is 20.2 Å². The summed E-state index contributed by atoms with van der Waals surface area (Å²) >= 11 is 0. The van der Waals surface area contributed by atoms with Crippen molar-refractivity contribution in [1.82, 2.24) is 0 Å². The first-order valence-corrected chi connectivity index (χ1v) is 6.51. The van der Waals surface area contributed by atoms with E-state index in [-0.39, 0.29) is 0 Å². The second-order valence-electron chi connectivity index (χ2n) is 4.28. The third kappa shape index (κ3) is 5.18. The average Bonchev–Trinajstić information content (AvgIpc) is 2.32.